The highest BCUT2D eigenvalue weighted by Crippen LogP contribution is 2.24. The lowest BCUT2D eigenvalue weighted by atomic mass is 10.1. The van der Waals surface area contributed by atoms with Gasteiger partial charge in [0.1, 0.15) is 0 Å². The molecule has 0 saturated carbocycles. The van der Waals surface area contributed by atoms with E-state index in [2.05, 4.69) is 10.6 Å². The van der Waals surface area contributed by atoms with Crippen LogP contribution in [-0.2, 0) is 0 Å². The first-order valence-electron chi connectivity index (χ1n) is 15.5. The standard InChI is InChI=1S/C22H18N4O4.2C8H8N2O2/c23-19(27)13-7-1-3-9-15(13)21(29)25-17-11-5-6-12-18(17)26-22(30)16-10-4-2-8-14(16)20(24)28;2*9-7(11)5-3-1-2-4-6(5)8(10)12/h1-12H,(H2,23,27)(H2,24,28)(H,25,29)(H,26,30);2*1-4H,(H2,9,11)(H2,10,12). The van der Waals surface area contributed by atoms with Gasteiger partial charge in [0, 0.05) is 0 Å². The van der Waals surface area contributed by atoms with E-state index < -0.39 is 47.3 Å². The maximum Gasteiger partial charge on any atom is 0.256 e. The Morgan fingerprint density at radius 3 is 0.648 bits per heavy atom. The Labute approximate surface area is 307 Å². The Balaban J connectivity index is 0.000000267. The van der Waals surface area contributed by atoms with Crippen molar-refractivity contribution in [1.29, 1.82) is 0 Å². The molecule has 0 unspecified atom stereocenters. The van der Waals surface area contributed by atoms with Crippen molar-refractivity contribution < 1.29 is 38.4 Å². The Bertz CT molecular complexity index is 2050. The molecule has 0 spiro atoms. The number of carbonyl (C=O) groups is 8. The van der Waals surface area contributed by atoms with E-state index in [-0.39, 0.29) is 44.5 Å². The number of primary amides is 6. The first-order chi connectivity index (χ1) is 25.6. The summed E-state index contributed by atoms with van der Waals surface area (Å²) in [5.41, 5.74) is 32.3. The quantitative estimate of drug-likeness (QED) is 0.105. The fourth-order valence-electron chi connectivity index (χ4n) is 4.70. The molecule has 274 valence electrons. The first-order valence-corrected chi connectivity index (χ1v) is 15.5. The molecule has 0 saturated heterocycles. The van der Waals surface area contributed by atoms with Crippen molar-refractivity contribution in [2.45, 2.75) is 0 Å². The van der Waals surface area contributed by atoms with E-state index in [1.54, 1.807) is 72.8 Å². The van der Waals surface area contributed by atoms with Crippen LogP contribution in [0.2, 0.25) is 0 Å². The molecule has 5 aromatic carbocycles. The van der Waals surface area contributed by atoms with Crippen molar-refractivity contribution in [3.05, 3.63) is 166 Å². The molecule has 0 aliphatic rings. The Morgan fingerprint density at radius 2 is 0.444 bits per heavy atom. The van der Waals surface area contributed by atoms with Crippen molar-refractivity contribution in [2.24, 2.45) is 34.4 Å². The van der Waals surface area contributed by atoms with Gasteiger partial charge in [0.15, 0.2) is 0 Å². The lowest BCUT2D eigenvalue weighted by Crippen LogP contribution is -2.22. The monoisotopic (exact) mass is 730 g/mol. The number of para-hydroxylation sites is 2. The molecule has 5 rings (SSSR count). The van der Waals surface area contributed by atoms with Crippen LogP contribution in [0.4, 0.5) is 11.4 Å². The van der Waals surface area contributed by atoms with E-state index in [1.165, 1.54) is 48.5 Å². The van der Waals surface area contributed by atoms with Gasteiger partial charge in [-0.05, 0) is 60.7 Å². The topological polar surface area (TPSA) is 317 Å². The van der Waals surface area contributed by atoms with Crippen LogP contribution in [0.1, 0.15) is 82.9 Å². The number of carbonyl (C=O) groups excluding carboxylic acids is 8. The second-order valence-corrected chi connectivity index (χ2v) is 10.8. The molecule has 0 aliphatic heterocycles. The third-order valence-electron chi connectivity index (χ3n) is 7.21. The van der Waals surface area contributed by atoms with Crippen LogP contribution in [0, 0.1) is 0 Å². The average Bonchev–Trinajstić information content (AvgIpc) is 3.15. The summed E-state index contributed by atoms with van der Waals surface area (Å²) >= 11 is 0. The fourth-order valence-corrected chi connectivity index (χ4v) is 4.70. The molecule has 16 nitrogen and oxygen atoms in total. The number of nitrogens with one attached hydrogen (secondary N) is 2. The summed E-state index contributed by atoms with van der Waals surface area (Å²) in [5.74, 6) is -5.19. The zero-order chi connectivity index (χ0) is 39.9. The predicted molar refractivity (Wildman–Crippen MR) is 199 cm³/mol. The van der Waals surface area contributed by atoms with Gasteiger partial charge in [-0.2, -0.15) is 0 Å². The van der Waals surface area contributed by atoms with E-state index in [0.29, 0.717) is 11.4 Å². The van der Waals surface area contributed by atoms with Gasteiger partial charge in [-0.1, -0.05) is 60.7 Å². The van der Waals surface area contributed by atoms with E-state index >= 15 is 0 Å². The van der Waals surface area contributed by atoms with Gasteiger partial charge in [-0.15, -0.1) is 0 Å². The minimum atomic E-state index is -0.731. The molecule has 0 aliphatic carbocycles. The molecule has 0 fully saturated rings. The normalized spacial score (nSPS) is 9.78. The van der Waals surface area contributed by atoms with Crippen LogP contribution in [0.15, 0.2) is 121 Å². The van der Waals surface area contributed by atoms with Gasteiger partial charge >= 0.3 is 0 Å². The zero-order valence-corrected chi connectivity index (χ0v) is 28.3. The van der Waals surface area contributed by atoms with Crippen molar-refractivity contribution in [1.82, 2.24) is 0 Å². The van der Waals surface area contributed by atoms with Gasteiger partial charge in [-0.3, -0.25) is 38.4 Å². The zero-order valence-electron chi connectivity index (χ0n) is 28.3. The molecule has 8 amide bonds. The van der Waals surface area contributed by atoms with E-state index in [1.807, 2.05) is 0 Å². The van der Waals surface area contributed by atoms with Crippen LogP contribution >= 0.6 is 0 Å². The van der Waals surface area contributed by atoms with Gasteiger partial charge in [0.25, 0.3) is 11.8 Å². The molecule has 0 heterocycles. The number of benzene rings is 5. The van der Waals surface area contributed by atoms with Crippen molar-refractivity contribution >= 4 is 58.6 Å². The van der Waals surface area contributed by atoms with Crippen LogP contribution in [-0.4, -0.2) is 47.3 Å². The minimum Gasteiger partial charge on any atom is -0.366 e. The fraction of sp³-hybridized carbons (Fsp3) is 0. The number of rotatable bonds is 10. The molecule has 14 N–H and O–H groups in total. The van der Waals surface area contributed by atoms with Gasteiger partial charge in [0.05, 0.1) is 55.9 Å². The van der Waals surface area contributed by atoms with E-state index in [9.17, 15) is 38.4 Å². The maximum atomic E-state index is 12.7. The van der Waals surface area contributed by atoms with Crippen LogP contribution < -0.4 is 45.0 Å². The Hall–Kier alpha value is -8.14. The van der Waals surface area contributed by atoms with Crippen LogP contribution in [0.3, 0.4) is 0 Å². The van der Waals surface area contributed by atoms with E-state index in [4.69, 9.17) is 34.4 Å². The molecular formula is C38H34N8O8. The van der Waals surface area contributed by atoms with Crippen molar-refractivity contribution in [2.75, 3.05) is 10.6 Å². The lowest BCUT2D eigenvalue weighted by Gasteiger charge is -2.14. The average molecular weight is 731 g/mol. The number of hydrogen-bond donors (Lipinski definition) is 8. The number of hydrogen-bond acceptors (Lipinski definition) is 8. The minimum absolute atomic E-state index is 0.0758. The summed E-state index contributed by atoms with van der Waals surface area (Å²) in [6, 6.07) is 31.1. The highest BCUT2D eigenvalue weighted by Gasteiger charge is 2.19. The summed E-state index contributed by atoms with van der Waals surface area (Å²) < 4.78 is 0. The molecule has 5 aromatic rings. The first kappa shape index (κ1) is 40.3. The third kappa shape index (κ3) is 10.7. The third-order valence-corrected chi connectivity index (χ3v) is 7.21. The maximum absolute atomic E-state index is 12.7. The summed E-state index contributed by atoms with van der Waals surface area (Å²) in [6.07, 6.45) is 0. The second kappa shape index (κ2) is 18.7. The summed E-state index contributed by atoms with van der Waals surface area (Å²) in [6.45, 7) is 0. The van der Waals surface area contributed by atoms with Gasteiger partial charge < -0.3 is 45.0 Å². The van der Waals surface area contributed by atoms with Gasteiger partial charge in [0.2, 0.25) is 35.4 Å². The van der Waals surface area contributed by atoms with Gasteiger partial charge in [-0.25, -0.2) is 0 Å². The smallest absolute Gasteiger partial charge is 0.256 e. The number of amides is 8. The molecule has 0 atom stereocenters. The molecule has 0 bridgehead atoms. The molecular weight excluding hydrogens is 696 g/mol. The molecule has 0 aromatic heterocycles. The Kier molecular flexibility index (Phi) is 14.0. The van der Waals surface area contributed by atoms with Crippen LogP contribution in [0.25, 0.3) is 0 Å². The van der Waals surface area contributed by atoms with Crippen molar-refractivity contribution in [3.8, 4) is 0 Å². The van der Waals surface area contributed by atoms with Crippen molar-refractivity contribution in [3.63, 3.8) is 0 Å². The lowest BCUT2D eigenvalue weighted by molar-refractivity contribution is 0.0967. The summed E-state index contributed by atoms with van der Waals surface area (Å²) in [4.78, 5) is 91.5. The van der Waals surface area contributed by atoms with Crippen LogP contribution in [0.5, 0.6) is 0 Å². The Morgan fingerprint density at radius 1 is 0.278 bits per heavy atom. The summed E-state index contributed by atoms with van der Waals surface area (Å²) in [5, 5.41) is 5.33. The molecule has 16 heteroatoms. The second-order valence-electron chi connectivity index (χ2n) is 10.8. The predicted octanol–water partition coefficient (Wildman–Crippen LogP) is 2.16. The molecule has 0 radical (unpaired) electrons. The largest absolute Gasteiger partial charge is 0.366 e. The highest BCUT2D eigenvalue weighted by atomic mass is 16.2. The SMILES string of the molecule is NC(=O)c1ccccc1C(=O)Nc1ccccc1NC(=O)c1ccccc1C(N)=O.NC(=O)c1ccccc1C(N)=O.NC(=O)c1ccccc1C(N)=O. The van der Waals surface area contributed by atoms with E-state index in [0.717, 1.165) is 0 Å². The summed E-state index contributed by atoms with van der Waals surface area (Å²) in [7, 11) is 0. The number of nitrogens with two attached hydrogens (primary N) is 6. The highest BCUT2D eigenvalue weighted by molar-refractivity contribution is 6.15. The number of anilines is 2. The molecule has 54 heavy (non-hydrogen) atoms.